The largest absolute Gasteiger partial charge is 0.0654 e. The summed E-state index contributed by atoms with van der Waals surface area (Å²) >= 11 is 0. The van der Waals surface area contributed by atoms with E-state index in [1.54, 1.807) is 0 Å². The van der Waals surface area contributed by atoms with Crippen molar-refractivity contribution in [3.63, 3.8) is 0 Å². The van der Waals surface area contributed by atoms with Crippen LogP contribution in [0.5, 0.6) is 0 Å². The van der Waals surface area contributed by atoms with Gasteiger partial charge in [-0.3, -0.25) is 0 Å². The van der Waals surface area contributed by atoms with Crippen molar-refractivity contribution in [3.8, 4) is 0 Å². The van der Waals surface area contributed by atoms with Crippen molar-refractivity contribution in [2.45, 2.75) is 78.1 Å². The fraction of sp³-hybridized carbons (Fsp3) is 1.00. The molecule has 0 saturated carbocycles. The fourth-order valence-electron chi connectivity index (χ4n) is 1.56. The summed E-state index contributed by atoms with van der Waals surface area (Å²) in [6, 6.07) is 0. The van der Waals surface area contributed by atoms with E-state index in [1.807, 2.05) is 0 Å². The molecule has 0 N–H and O–H groups in total. The van der Waals surface area contributed by atoms with Gasteiger partial charge in [0.15, 0.2) is 0 Å². The minimum Gasteiger partial charge on any atom is -0.0654 e. The van der Waals surface area contributed by atoms with Crippen LogP contribution in [-0.2, 0) is 0 Å². The maximum atomic E-state index is 2.28. The predicted octanol–water partition coefficient (Wildman–Crippen LogP) is 4.55. The molecular weight excluding hydrogens is 151 g/mol. The average molecular weight is 177 g/mol. The van der Waals surface area contributed by atoms with Gasteiger partial charge in [-0.15, -0.1) is 0 Å². The molecule has 0 amide bonds. The number of hydrogen-bond donors (Lipinski definition) is 0. The van der Waals surface area contributed by atoms with Crippen LogP contribution in [0, 0.1) is 0 Å². The summed E-state index contributed by atoms with van der Waals surface area (Å²) in [7, 11) is 0. The van der Waals surface area contributed by atoms with E-state index in [0.717, 1.165) is 0 Å². The van der Waals surface area contributed by atoms with Gasteiger partial charge >= 0.3 is 0 Å². The Labute approximate surface area is 97.1 Å². The third kappa shape index (κ3) is 15.4. The van der Waals surface area contributed by atoms with Gasteiger partial charge in [0.1, 0.15) is 0 Å². The fourth-order valence-corrected chi connectivity index (χ4v) is 1.56. The molecule has 0 aromatic carbocycles. The Balaban J connectivity index is 0. The summed E-state index contributed by atoms with van der Waals surface area (Å²) in [5, 5.41) is 0. The predicted molar refractivity (Wildman–Crippen MR) is 63.3 cm³/mol. The maximum Gasteiger partial charge on any atom is 0 e. The molecule has 0 aliphatic rings. The Bertz CT molecular complexity index is 61.5. The van der Waals surface area contributed by atoms with Crippen LogP contribution in [0.1, 0.15) is 78.1 Å². The second-order valence-electron chi connectivity index (χ2n) is 3.83. The van der Waals surface area contributed by atoms with Gasteiger partial charge < -0.3 is 0 Å². The van der Waals surface area contributed by atoms with Crippen molar-refractivity contribution < 1.29 is 0 Å². The van der Waals surface area contributed by atoms with Crippen LogP contribution in [0.15, 0.2) is 0 Å². The van der Waals surface area contributed by atoms with Crippen molar-refractivity contribution in [2.24, 2.45) is 0 Å². The molecule has 0 saturated heterocycles. The molecule has 0 rings (SSSR count). The summed E-state index contributed by atoms with van der Waals surface area (Å²) in [4.78, 5) is 0. The quantitative estimate of drug-likeness (QED) is 0.358. The van der Waals surface area contributed by atoms with Crippen LogP contribution in [-0.4, -0.2) is 18.9 Å². The van der Waals surface area contributed by atoms with E-state index in [4.69, 9.17) is 0 Å². The van der Waals surface area contributed by atoms with Crippen molar-refractivity contribution in [1.82, 2.24) is 0 Å². The van der Waals surface area contributed by atoms with Gasteiger partial charge in [-0.05, 0) is 0 Å². The van der Waals surface area contributed by atoms with E-state index < -0.39 is 0 Å². The molecule has 0 atom stereocenters. The van der Waals surface area contributed by atoms with Crippen molar-refractivity contribution >= 4 is 18.9 Å². The average Bonchev–Trinajstić information content (AvgIpc) is 2.10. The smallest absolute Gasteiger partial charge is 0 e. The molecular formula is C12H26Li. The summed E-state index contributed by atoms with van der Waals surface area (Å²) < 4.78 is 0. The van der Waals surface area contributed by atoms with Crippen LogP contribution < -0.4 is 0 Å². The normalized spacial score (nSPS) is 9.69. The SMILES string of the molecule is CCCCCCCCCCCC.[Li]. The first-order valence-electron chi connectivity index (χ1n) is 5.91. The van der Waals surface area contributed by atoms with Crippen LogP contribution in [0.4, 0.5) is 0 Å². The maximum absolute atomic E-state index is 2.28. The zero-order valence-corrected chi connectivity index (χ0v) is 10.1. The van der Waals surface area contributed by atoms with E-state index in [9.17, 15) is 0 Å². The molecule has 0 aromatic rings. The minimum atomic E-state index is 0. The van der Waals surface area contributed by atoms with Crippen molar-refractivity contribution in [2.75, 3.05) is 0 Å². The van der Waals surface area contributed by atoms with Gasteiger partial charge in [-0.2, -0.15) is 0 Å². The van der Waals surface area contributed by atoms with Gasteiger partial charge in [-0.25, -0.2) is 0 Å². The van der Waals surface area contributed by atoms with Crippen LogP contribution in [0.25, 0.3) is 0 Å². The molecule has 0 fully saturated rings. The molecule has 0 nitrogen and oxygen atoms in total. The Morgan fingerprint density at radius 3 is 0.923 bits per heavy atom. The zero-order valence-electron chi connectivity index (χ0n) is 10.1. The molecule has 0 heterocycles. The van der Waals surface area contributed by atoms with Gasteiger partial charge in [0.2, 0.25) is 0 Å². The first kappa shape index (κ1) is 16.0. The first-order valence-corrected chi connectivity index (χ1v) is 5.91. The summed E-state index contributed by atoms with van der Waals surface area (Å²) in [5.41, 5.74) is 0. The number of unbranched alkanes of at least 4 members (excludes halogenated alkanes) is 9. The summed E-state index contributed by atoms with van der Waals surface area (Å²) in [6.45, 7) is 4.56. The topological polar surface area (TPSA) is 0 Å². The van der Waals surface area contributed by atoms with Crippen LogP contribution >= 0.6 is 0 Å². The number of hydrogen-bond acceptors (Lipinski definition) is 0. The Morgan fingerprint density at radius 2 is 0.692 bits per heavy atom. The van der Waals surface area contributed by atoms with Gasteiger partial charge in [0, 0.05) is 18.9 Å². The van der Waals surface area contributed by atoms with Crippen molar-refractivity contribution in [1.29, 1.82) is 0 Å². The molecule has 0 aromatic heterocycles. The summed E-state index contributed by atoms with van der Waals surface area (Å²) in [6.07, 6.45) is 14.4. The van der Waals surface area contributed by atoms with Crippen LogP contribution in [0.3, 0.4) is 0 Å². The molecule has 13 heavy (non-hydrogen) atoms. The Hall–Kier alpha value is 0.597. The van der Waals surface area contributed by atoms with Crippen molar-refractivity contribution in [3.05, 3.63) is 0 Å². The molecule has 0 bridgehead atoms. The van der Waals surface area contributed by atoms with Crippen LogP contribution in [0.2, 0.25) is 0 Å². The molecule has 0 aliphatic heterocycles. The second-order valence-corrected chi connectivity index (χ2v) is 3.83. The second kappa shape index (κ2) is 15.1. The summed E-state index contributed by atoms with van der Waals surface area (Å²) in [5.74, 6) is 0. The van der Waals surface area contributed by atoms with E-state index in [1.165, 1.54) is 64.2 Å². The minimum absolute atomic E-state index is 0. The first-order chi connectivity index (χ1) is 5.91. The zero-order chi connectivity index (χ0) is 9.07. The molecule has 0 aliphatic carbocycles. The Morgan fingerprint density at radius 1 is 0.462 bits per heavy atom. The Kier molecular flexibility index (Phi) is 18.6. The van der Waals surface area contributed by atoms with E-state index in [0.29, 0.717) is 0 Å². The third-order valence-electron chi connectivity index (χ3n) is 2.46. The van der Waals surface area contributed by atoms with E-state index >= 15 is 0 Å². The molecule has 0 unspecified atom stereocenters. The van der Waals surface area contributed by atoms with Gasteiger partial charge in [-0.1, -0.05) is 78.1 Å². The standard InChI is InChI=1S/C12H26.Li/c1-3-5-7-9-11-12-10-8-6-4-2;/h3-12H2,1-2H3;. The molecule has 0 spiro atoms. The monoisotopic (exact) mass is 177 g/mol. The van der Waals surface area contributed by atoms with Gasteiger partial charge in [0.25, 0.3) is 0 Å². The van der Waals surface area contributed by atoms with E-state index in [2.05, 4.69) is 13.8 Å². The molecule has 1 radical (unpaired) electrons. The molecule has 75 valence electrons. The number of rotatable bonds is 9. The molecule has 1 heteroatoms. The third-order valence-corrected chi connectivity index (χ3v) is 2.46. The van der Waals surface area contributed by atoms with Gasteiger partial charge in [0.05, 0.1) is 0 Å². The van der Waals surface area contributed by atoms with E-state index in [-0.39, 0.29) is 18.9 Å².